The smallest absolute Gasteiger partial charge is 0.330 e. The number of aromatic nitrogens is 2. The summed E-state index contributed by atoms with van der Waals surface area (Å²) in [7, 11) is 0. The molecule has 0 aliphatic carbocycles. The molecule has 1 aromatic heterocycles. The number of fused-ring (bicyclic) bond motifs is 2. The van der Waals surface area contributed by atoms with E-state index in [0.717, 1.165) is 16.3 Å². The lowest BCUT2D eigenvalue weighted by molar-refractivity contribution is -0.137. The second-order valence-electron chi connectivity index (χ2n) is 6.31. The Balaban J connectivity index is 1.85. The molecular weight excluding hydrogens is 352 g/mol. The van der Waals surface area contributed by atoms with E-state index < -0.39 is 5.97 Å². The third kappa shape index (κ3) is 3.42. The number of carbonyl (C=O) groups is 1. The van der Waals surface area contributed by atoms with Crippen molar-refractivity contribution in [3.63, 3.8) is 0 Å². The Hall–Kier alpha value is -3.73. The minimum atomic E-state index is -0.431. The Morgan fingerprint density at radius 3 is 2.71 bits per heavy atom. The number of esters is 1. The lowest BCUT2D eigenvalue weighted by Crippen LogP contribution is -2.10. The Labute approximate surface area is 161 Å². The zero-order chi connectivity index (χ0) is 19.5. The number of benzene rings is 3. The Morgan fingerprint density at radius 1 is 1.07 bits per heavy atom. The quantitative estimate of drug-likeness (QED) is 0.429. The van der Waals surface area contributed by atoms with E-state index in [1.54, 1.807) is 25.1 Å². The van der Waals surface area contributed by atoms with Gasteiger partial charge in [0.05, 0.1) is 17.5 Å². The van der Waals surface area contributed by atoms with Gasteiger partial charge in [-0.25, -0.2) is 9.78 Å². The van der Waals surface area contributed by atoms with Gasteiger partial charge < -0.3 is 9.72 Å². The molecule has 0 aliphatic heterocycles. The lowest BCUT2D eigenvalue weighted by atomic mass is 10.1. The van der Waals surface area contributed by atoms with Crippen LogP contribution in [0.1, 0.15) is 12.5 Å². The molecule has 0 atom stereocenters. The summed E-state index contributed by atoms with van der Waals surface area (Å²) < 4.78 is 4.92. The fourth-order valence-electron chi connectivity index (χ4n) is 3.14. The largest absolute Gasteiger partial charge is 0.463 e. The van der Waals surface area contributed by atoms with Crippen molar-refractivity contribution in [3.8, 4) is 11.4 Å². The average Bonchev–Trinajstić information content (AvgIpc) is 2.72. The van der Waals surface area contributed by atoms with E-state index in [1.807, 2.05) is 48.5 Å². The minimum absolute atomic E-state index is 0.223. The molecule has 0 saturated heterocycles. The fourth-order valence-corrected chi connectivity index (χ4v) is 3.14. The van der Waals surface area contributed by atoms with E-state index in [-0.39, 0.29) is 5.56 Å². The van der Waals surface area contributed by atoms with Crippen molar-refractivity contribution in [1.82, 2.24) is 9.97 Å². The number of ether oxygens (including phenoxy) is 1. The van der Waals surface area contributed by atoms with Crippen molar-refractivity contribution in [3.05, 3.63) is 82.7 Å². The number of rotatable bonds is 4. The molecule has 5 heteroatoms. The van der Waals surface area contributed by atoms with Crippen LogP contribution in [0.25, 0.3) is 39.1 Å². The Morgan fingerprint density at radius 2 is 1.89 bits per heavy atom. The van der Waals surface area contributed by atoms with Gasteiger partial charge in [0.2, 0.25) is 0 Å². The molecule has 0 amide bonds. The predicted molar refractivity (Wildman–Crippen MR) is 111 cm³/mol. The number of para-hydroxylation sites is 1. The molecule has 0 aliphatic rings. The van der Waals surface area contributed by atoms with Crippen LogP contribution in [0.4, 0.5) is 0 Å². The standard InChI is InChI=1S/C23H18N2O3/c1-2-28-20(26)13-12-16-8-5-9-19-21(16)24-22(25-23(19)27)18-11-10-15-6-3-4-7-17(15)14-18/h3-14H,2H2,1H3,(H,24,25,27)/b13-12+. The number of carbonyl (C=O) groups excluding carboxylic acids is 1. The molecule has 1 N–H and O–H groups in total. The number of hydrogen-bond donors (Lipinski definition) is 1. The third-order valence-corrected chi connectivity index (χ3v) is 4.48. The van der Waals surface area contributed by atoms with Crippen LogP contribution in [0.3, 0.4) is 0 Å². The van der Waals surface area contributed by atoms with Crippen LogP contribution in [0.5, 0.6) is 0 Å². The van der Waals surface area contributed by atoms with Crippen LogP contribution in [-0.4, -0.2) is 22.5 Å². The van der Waals surface area contributed by atoms with Crippen molar-refractivity contribution in [2.45, 2.75) is 6.92 Å². The van der Waals surface area contributed by atoms with Gasteiger partial charge in [-0.05, 0) is 35.9 Å². The zero-order valence-corrected chi connectivity index (χ0v) is 15.3. The maximum atomic E-state index is 12.6. The topological polar surface area (TPSA) is 72.1 Å². The minimum Gasteiger partial charge on any atom is -0.463 e. The summed E-state index contributed by atoms with van der Waals surface area (Å²) in [4.78, 5) is 31.8. The van der Waals surface area contributed by atoms with Gasteiger partial charge in [0.25, 0.3) is 5.56 Å². The first-order valence-electron chi connectivity index (χ1n) is 9.03. The van der Waals surface area contributed by atoms with E-state index in [2.05, 4.69) is 9.97 Å². The van der Waals surface area contributed by atoms with Gasteiger partial charge in [0.1, 0.15) is 5.82 Å². The first-order chi connectivity index (χ1) is 13.7. The van der Waals surface area contributed by atoms with Gasteiger partial charge in [-0.15, -0.1) is 0 Å². The van der Waals surface area contributed by atoms with E-state index in [1.165, 1.54) is 6.08 Å². The van der Waals surface area contributed by atoms with E-state index >= 15 is 0 Å². The summed E-state index contributed by atoms with van der Waals surface area (Å²) in [5, 5.41) is 2.65. The average molecular weight is 370 g/mol. The van der Waals surface area contributed by atoms with Gasteiger partial charge in [0, 0.05) is 17.2 Å². The SMILES string of the molecule is CCOC(=O)/C=C/c1cccc2c(=O)[nH]c(-c3ccc4ccccc4c3)nc12. The van der Waals surface area contributed by atoms with E-state index in [0.29, 0.717) is 28.9 Å². The number of nitrogens with zero attached hydrogens (tertiary/aromatic N) is 1. The lowest BCUT2D eigenvalue weighted by Gasteiger charge is -2.07. The number of aromatic amines is 1. The van der Waals surface area contributed by atoms with Crippen LogP contribution in [-0.2, 0) is 9.53 Å². The van der Waals surface area contributed by atoms with E-state index in [4.69, 9.17) is 4.74 Å². The summed E-state index contributed by atoms with van der Waals surface area (Å²) in [6, 6.07) is 19.2. The van der Waals surface area contributed by atoms with E-state index in [9.17, 15) is 9.59 Å². The number of hydrogen-bond acceptors (Lipinski definition) is 4. The second-order valence-corrected chi connectivity index (χ2v) is 6.31. The molecule has 138 valence electrons. The van der Waals surface area contributed by atoms with Gasteiger partial charge in [-0.3, -0.25) is 4.79 Å². The van der Waals surface area contributed by atoms with Gasteiger partial charge >= 0.3 is 5.97 Å². The normalized spacial score (nSPS) is 11.3. The maximum Gasteiger partial charge on any atom is 0.330 e. The molecular formula is C23H18N2O3. The van der Waals surface area contributed by atoms with Crippen LogP contribution >= 0.6 is 0 Å². The fraction of sp³-hybridized carbons (Fsp3) is 0.0870. The van der Waals surface area contributed by atoms with Crippen molar-refractivity contribution in [1.29, 1.82) is 0 Å². The first kappa shape index (κ1) is 17.7. The monoisotopic (exact) mass is 370 g/mol. The van der Waals surface area contributed by atoms with Gasteiger partial charge in [0.15, 0.2) is 0 Å². The summed E-state index contributed by atoms with van der Waals surface area (Å²) >= 11 is 0. The molecule has 0 unspecified atom stereocenters. The highest BCUT2D eigenvalue weighted by Gasteiger charge is 2.09. The molecule has 3 aromatic carbocycles. The van der Waals surface area contributed by atoms with Gasteiger partial charge in [-0.2, -0.15) is 0 Å². The highest BCUT2D eigenvalue weighted by molar-refractivity contribution is 5.93. The molecule has 0 saturated carbocycles. The first-order valence-corrected chi connectivity index (χ1v) is 9.03. The predicted octanol–water partition coefficient (Wildman–Crippen LogP) is 4.32. The number of H-pyrrole nitrogens is 1. The van der Waals surface area contributed by atoms with Gasteiger partial charge in [-0.1, -0.05) is 48.5 Å². The summed E-state index contributed by atoms with van der Waals surface area (Å²) in [6.07, 6.45) is 2.97. The van der Waals surface area contributed by atoms with Crippen molar-refractivity contribution < 1.29 is 9.53 Å². The maximum absolute atomic E-state index is 12.6. The molecule has 0 bridgehead atoms. The molecule has 4 aromatic rings. The molecule has 28 heavy (non-hydrogen) atoms. The molecule has 1 heterocycles. The second kappa shape index (κ2) is 7.48. The highest BCUT2D eigenvalue weighted by atomic mass is 16.5. The Kier molecular flexibility index (Phi) is 4.72. The summed E-state index contributed by atoms with van der Waals surface area (Å²) in [6.45, 7) is 2.06. The molecule has 0 spiro atoms. The highest BCUT2D eigenvalue weighted by Crippen LogP contribution is 2.23. The zero-order valence-electron chi connectivity index (χ0n) is 15.3. The number of nitrogens with one attached hydrogen (secondary N) is 1. The molecule has 5 nitrogen and oxygen atoms in total. The van der Waals surface area contributed by atoms with Crippen molar-refractivity contribution in [2.75, 3.05) is 6.61 Å². The third-order valence-electron chi connectivity index (χ3n) is 4.48. The molecule has 4 rings (SSSR count). The molecule has 0 radical (unpaired) electrons. The summed E-state index contributed by atoms with van der Waals surface area (Å²) in [5.74, 6) is 0.0549. The van der Waals surface area contributed by atoms with Crippen LogP contribution in [0.2, 0.25) is 0 Å². The van der Waals surface area contributed by atoms with Crippen molar-refractivity contribution in [2.24, 2.45) is 0 Å². The van der Waals surface area contributed by atoms with Crippen LogP contribution in [0, 0.1) is 0 Å². The van der Waals surface area contributed by atoms with Crippen LogP contribution < -0.4 is 5.56 Å². The van der Waals surface area contributed by atoms with Crippen molar-refractivity contribution >= 4 is 33.7 Å². The van der Waals surface area contributed by atoms with Crippen LogP contribution in [0.15, 0.2) is 71.5 Å². The molecule has 0 fully saturated rings. The summed E-state index contributed by atoms with van der Waals surface area (Å²) in [5.41, 5.74) is 1.81. The Bertz CT molecular complexity index is 1270.